The van der Waals surface area contributed by atoms with Crippen LogP contribution in [0.15, 0.2) is 40.2 Å². The van der Waals surface area contributed by atoms with Crippen molar-refractivity contribution in [1.82, 2.24) is 18.7 Å². The van der Waals surface area contributed by atoms with Crippen LogP contribution >= 0.6 is 0 Å². The van der Waals surface area contributed by atoms with Crippen LogP contribution in [-0.4, -0.2) is 24.6 Å². The molecule has 3 rings (SSSR count). The van der Waals surface area contributed by atoms with Crippen LogP contribution in [-0.2, 0) is 24.4 Å². The van der Waals surface area contributed by atoms with Gasteiger partial charge in [0, 0.05) is 18.8 Å². The summed E-state index contributed by atoms with van der Waals surface area (Å²) in [6, 6.07) is 7.36. The van der Waals surface area contributed by atoms with Gasteiger partial charge in [-0.15, -0.1) is 0 Å². The predicted molar refractivity (Wildman–Crippen MR) is 118 cm³/mol. The number of carbonyl (C=O) groups is 1. The van der Waals surface area contributed by atoms with E-state index in [4.69, 9.17) is 0 Å². The molecule has 0 bridgehead atoms. The van der Waals surface area contributed by atoms with Crippen molar-refractivity contribution in [2.24, 2.45) is 11.8 Å². The molecule has 3 aromatic rings. The molecule has 8 nitrogen and oxygen atoms in total. The number of anilines is 1. The zero-order chi connectivity index (χ0) is 22.0. The summed E-state index contributed by atoms with van der Waals surface area (Å²) in [6.07, 6.45) is 1.60. The average Bonchev–Trinajstić information content (AvgIpc) is 3.05. The number of imidazole rings is 1. The highest BCUT2D eigenvalue weighted by Gasteiger charge is 2.20. The molecule has 0 aliphatic rings. The molecule has 0 spiro atoms. The van der Waals surface area contributed by atoms with Crippen LogP contribution in [0.4, 0.5) is 5.69 Å². The van der Waals surface area contributed by atoms with Crippen molar-refractivity contribution in [3.63, 3.8) is 0 Å². The lowest BCUT2D eigenvalue weighted by molar-refractivity contribution is -0.116. The standard InChI is InChI=1S/C22H29N5O3/c1-14(2)10-25-13-23-20-19(25)21(29)27(22(30)26(20)11-15(3)4)12-18(28)24-17-8-6-7-16(5)9-17/h6-9,13-15H,10-12H2,1-5H3,(H,24,28). The predicted octanol–water partition coefficient (Wildman–Crippen LogP) is 2.62. The minimum Gasteiger partial charge on any atom is -0.325 e. The van der Waals surface area contributed by atoms with Crippen LogP contribution in [0.3, 0.4) is 0 Å². The molecule has 0 aliphatic carbocycles. The van der Waals surface area contributed by atoms with E-state index in [0.717, 1.165) is 10.1 Å². The van der Waals surface area contributed by atoms with Gasteiger partial charge in [-0.05, 0) is 36.5 Å². The number of rotatable bonds is 7. The fraction of sp³-hybridized carbons (Fsp3) is 0.455. The summed E-state index contributed by atoms with van der Waals surface area (Å²) in [5.74, 6) is 0.0451. The molecule has 160 valence electrons. The molecule has 2 heterocycles. The Morgan fingerprint density at radius 1 is 1.07 bits per heavy atom. The maximum Gasteiger partial charge on any atom is 0.333 e. The number of carbonyl (C=O) groups excluding carboxylic acids is 1. The van der Waals surface area contributed by atoms with E-state index in [-0.39, 0.29) is 12.5 Å². The molecule has 1 aromatic carbocycles. The Labute approximate surface area is 175 Å². The van der Waals surface area contributed by atoms with Crippen LogP contribution in [0.25, 0.3) is 11.2 Å². The first-order chi connectivity index (χ1) is 14.2. The first-order valence-electron chi connectivity index (χ1n) is 10.2. The Bertz CT molecular complexity index is 1180. The van der Waals surface area contributed by atoms with Gasteiger partial charge in [0.15, 0.2) is 11.2 Å². The average molecular weight is 412 g/mol. The van der Waals surface area contributed by atoms with Crippen molar-refractivity contribution in [1.29, 1.82) is 0 Å². The van der Waals surface area contributed by atoms with Gasteiger partial charge in [0.1, 0.15) is 6.54 Å². The van der Waals surface area contributed by atoms with Crippen molar-refractivity contribution in [3.8, 4) is 0 Å². The molecule has 0 saturated heterocycles. The normalized spacial score (nSPS) is 11.6. The largest absolute Gasteiger partial charge is 0.333 e. The molecule has 0 unspecified atom stereocenters. The molecular weight excluding hydrogens is 382 g/mol. The highest BCUT2D eigenvalue weighted by Crippen LogP contribution is 2.12. The van der Waals surface area contributed by atoms with Gasteiger partial charge in [0.2, 0.25) is 5.91 Å². The third-order valence-corrected chi connectivity index (χ3v) is 4.70. The molecule has 0 radical (unpaired) electrons. The maximum absolute atomic E-state index is 13.2. The second-order valence-corrected chi connectivity index (χ2v) is 8.56. The van der Waals surface area contributed by atoms with E-state index in [0.29, 0.717) is 35.9 Å². The van der Waals surface area contributed by atoms with E-state index >= 15 is 0 Å². The quantitative estimate of drug-likeness (QED) is 0.647. The molecule has 1 N–H and O–H groups in total. The number of amides is 1. The maximum atomic E-state index is 13.2. The van der Waals surface area contributed by atoms with Crippen LogP contribution < -0.4 is 16.6 Å². The summed E-state index contributed by atoms with van der Waals surface area (Å²) in [4.78, 5) is 43.3. The first-order valence-corrected chi connectivity index (χ1v) is 10.2. The third kappa shape index (κ3) is 4.53. The molecule has 0 saturated carbocycles. The lowest BCUT2D eigenvalue weighted by atomic mass is 10.2. The van der Waals surface area contributed by atoms with Crippen LogP contribution in [0, 0.1) is 18.8 Å². The van der Waals surface area contributed by atoms with Gasteiger partial charge in [-0.2, -0.15) is 0 Å². The molecule has 0 fully saturated rings. The number of aromatic nitrogens is 4. The van der Waals surface area contributed by atoms with Gasteiger partial charge in [0.25, 0.3) is 5.56 Å². The number of aryl methyl sites for hydroxylation is 1. The monoisotopic (exact) mass is 411 g/mol. The summed E-state index contributed by atoms with van der Waals surface area (Å²) < 4.78 is 4.28. The summed E-state index contributed by atoms with van der Waals surface area (Å²) >= 11 is 0. The lowest BCUT2D eigenvalue weighted by Crippen LogP contribution is -2.43. The second-order valence-electron chi connectivity index (χ2n) is 8.56. The highest BCUT2D eigenvalue weighted by atomic mass is 16.2. The fourth-order valence-corrected chi connectivity index (χ4v) is 3.51. The Morgan fingerprint density at radius 2 is 1.77 bits per heavy atom. The lowest BCUT2D eigenvalue weighted by Gasteiger charge is -2.14. The van der Waals surface area contributed by atoms with E-state index in [9.17, 15) is 14.4 Å². The molecular formula is C22H29N5O3. The molecule has 0 aliphatic heterocycles. The van der Waals surface area contributed by atoms with Gasteiger partial charge in [-0.3, -0.25) is 14.2 Å². The molecule has 2 aromatic heterocycles. The zero-order valence-corrected chi connectivity index (χ0v) is 18.2. The van der Waals surface area contributed by atoms with E-state index in [2.05, 4.69) is 10.3 Å². The number of benzene rings is 1. The molecule has 30 heavy (non-hydrogen) atoms. The Kier molecular flexibility index (Phi) is 6.24. The Hall–Kier alpha value is -3.16. The topological polar surface area (TPSA) is 90.9 Å². The van der Waals surface area contributed by atoms with Gasteiger partial charge in [-0.1, -0.05) is 39.8 Å². The first kappa shape index (κ1) is 21.5. The van der Waals surface area contributed by atoms with Crippen molar-refractivity contribution in [2.45, 2.75) is 54.3 Å². The number of fused-ring (bicyclic) bond motifs is 1. The number of hydrogen-bond acceptors (Lipinski definition) is 4. The Morgan fingerprint density at radius 3 is 2.40 bits per heavy atom. The molecule has 8 heteroatoms. The van der Waals surface area contributed by atoms with Crippen LogP contribution in [0.5, 0.6) is 0 Å². The van der Waals surface area contributed by atoms with Crippen molar-refractivity contribution in [3.05, 3.63) is 57.0 Å². The van der Waals surface area contributed by atoms with Gasteiger partial charge >= 0.3 is 5.69 Å². The van der Waals surface area contributed by atoms with E-state index in [1.165, 1.54) is 4.57 Å². The van der Waals surface area contributed by atoms with Crippen molar-refractivity contribution in [2.75, 3.05) is 5.32 Å². The third-order valence-electron chi connectivity index (χ3n) is 4.70. The van der Waals surface area contributed by atoms with E-state index in [1.54, 1.807) is 17.0 Å². The number of nitrogens with one attached hydrogen (secondary N) is 1. The highest BCUT2D eigenvalue weighted by molar-refractivity contribution is 5.90. The van der Waals surface area contributed by atoms with Gasteiger partial charge < -0.3 is 9.88 Å². The van der Waals surface area contributed by atoms with Crippen molar-refractivity contribution < 1.29 is 4.79 Å². The van der Waals surface area contributed by atoms with Gasteiger partial charge in [0.05, 0.1) is 6.33 Å². The SMILES string of the molecule is Cc1cccc(NC(=O)Cn2c(=O)c3c(ncn3CC(C)C)n(CC(C)C)c2=O)c1. The number of hydrogen-bond donors (Lipinski definition) is 1. The van der Waals surface area contributed by atoms with E-state index in [1.807, 2.05) is 52.8 Å². The summed E-state index contributed by atoms with van der Waals surface area (Å²) in [7, 11) is 0. The minimum absolute atomic E-state index is 0.174. The smallest absolute Gasteiger partial charge is 0.325 e. The molecule has 1 amide bonds. The number of nitrogens with zero attached hydrogens (tertiary/aromatic N) is 4. The fourth-order valence-electron chi connectivity index (χ4n) is 3.51. The molecule has 0 atom stereocenters. The van der Waals surface area contributed by atoms with E-state index < -0.39 is 17.2 Å². The van der Waals surface area contributed by atoms with Crippen LogP contribution in [0.1, 0.15) is 33.3 Å². The summed E-state index contributed by atoms with van der Waals surface area (Å²) in [5, 5.41) is 2.77. The van der Waals surface area contributed by atoms with Crippen molar-refractivity contribution >= 4 is 22.8 Å². The summed E-state index contributed by atoms with van der Waals surface area (Å²) in [5.41, 5.74) is 1.34. The van der Waals surface area contributed by atoms with Crippen LogP contribution in [0.2, 0.25) is 0 Å². The zero-order valence-electron chi connectivity index (χ0n) is 18.2. The second kappa shape index (κ2) is 8.69. The minimum atomic E-state index is -0.518. The Balaban J connectivity index is 2.07. The summed E-state index contributed by atoms with van der Waals surface area (Å²) in [6.45, 7) is 10.6. The van der Waals surface area contributed by atoms with Gasteiger partial charge in [-0.25, -0.2) is 14.3 Å².